The van der Waals surface area contributed by atoms with Crippen LogP contribution in [0.1, 0.15) is 18.5 Å². The van der Waals surface area contributed by atoms with Crippen LogP contribution in [0.25, 0.3) is 10.9 Å². The number of hydrogen-bond donors (Lipinski definition) is 1. The highest BCUT2D eigenvalue weighted by molar-refractivity contribution is 9.10. The van der Waals surface area contributed by atoms with Crippen molar-refractivity contribution in [3.05, 3.63) is 87.4 Å². The zero-order valence-corrected chi connectivity index (χ0v) is 17.3. The molecule has 0 fully saturated rings. The van der Waals surface area contributed by atoms with Gasteiger partial charge in [-0.3, -0.25) is 9.36 Å². The van der Waals surface area contributed by atoms with Gasteiger partial charge in [0.25, 0.3) is 5.56 Å². The number of fused-ring (bicyclic) bond motifs is 1. The van der Waals surface area contributed by atoms with Crippen LogP contribution in [0, 0.1) is 11.6 Å². The molecule has 30 heavy (non-hydrogen) atoms. The molecule has 0 amide bonds. The van der Waals surface area contributed by atoms with Gasteiger partial charge in [0.15, 0.2) is 0 Å². The minimum absolute atomic E-state index is 0.172. The fraction of sp³-hybridized carbons (Fsp3) is 0.200. The minimum Gasteiger partial charge on any atom is -0.381 e. The fourth-order valence-electron chi connectivity index (χ4n) is 3.46. The summed E-state index contributed by atoms with van der Waals surface area (Å²) >= 11 is 3.34. The Morgan fingerprint density at radius 1 is 1.20 bits per heavy atom. The number of aromatic nitrogens is 5. The predicted octanol–water partition coefficient (Wildman–Crippen LogP) is 3.18. The van der Waals surface area contributed by atoms with Crippen LogP contribution in [0.2, 0.25) is 0 Å². The second-order valence-corrected chi connectivity index (χ2v) is 7.85. The largest absolute Gasteiger partial charge is 0.381 e. The molecule has 0 radical (unpaired) electrons. The highest BCUT2D eigenvalue weighted by Gasteiger charge is 2.41. The van der Waals surface area contributed by atoms with Crippen LogP contribution in [0.4, 0.5) is 8.78 Å². The van der Waals surface area contributed by atoms with Crippen molar-refractivity contribution in [2.45, 2.75) is 25.1 Å². The van der Waals surface area contributed by atoms with Gasteiger partial charge in [0.2, 0.25) is 0 Å². The van der Waals surface area contributed by atoms with Crippen molar-refractivity contribution >= 4 is 26.8 Å². The van der Waals surface area contributed by atoms with Crippen LogP contribution >= 0.6 is 15.9 Å². The summed E-state index contributed by atoms with van der Waals surface area (Å²) in [4.78, 5) is 21.2. The van der Waals surface area contributed by atoms with Gasteiger partial charge in [-0.15, -0.1) is 0 Å². The highest BCUT2D eigenvalue weighted by Crippen LogP contribution is 2.36. The Morgan fingerprint density at radius 2 is 2.00 bits per heavy atom. The zero-order chi connectivity index (χ0) is 21.5. The molecule has 154 valence electrons. The average Bonchev–Trinajstić information content (AvgIpc) is 3.20. The van der Waals surface area contributed by atoms with Gasteiger partial charge in [-0.25, -0.2) is 23.4 Å². The first-order valence-electron chi connectivity index (χ1n) is 8.96. The maximum atomic E-state index is 14.7. The number of nitrogens with zero attached hydrogens (tertiary/aromatic N) is 5. The SMILES string of the molecule is C[C@@H](n1cnc2cc(Br)ccc2c1=O)[C@](O)(Cn1cncn1)c1ccc(F)cc1F. The van der Waals surface area contributed by atoms with E-state index < -0.39 is 28.8 Å². The standard InChI is InChI=1S/C20H16BrF2N5O2/c1-12(28-11-25-18-6-13(21)2-4-15(18)19(28)29)20(30,8-27-10-24-9-26-27)16-5-3-14(22)7-17(16)23/h2-7,9-12,30H,8H2,1H3/t12-,20-/m1/s1. The summed E-state index contributed by atoms with van der Waals surface area (Å²) in [5, 5.41) is 16.0. The summed E-state index contributed by atoms with van der Waals surface area (Å²) in [6.45, 7) is 1.34. The molecular weight excluding hydrogens is 460 g/mol. The van der Waals surface area contributed by atoms with E-state index in [1.165, 1.54) is 28.2 Å². The Kier molecular flexibility index (Phi) is 5.20. The van der Waals surface area contributed by atoms with Crippen molar-refractivity contribution in [2.24, 2.45) is 0 Å². The second-order valence-electron chi connectivity index (χ2n) is 6.94. The molecule has 0 aliphatic heterocycles. The van der Waals surface area contributed by atoms with Crippen LogP contribution in [0.5, 0.6) is 0 Å². The molecule has 2 heterocycles. The lowest BCUT2D eigenvalue weighted by molar-refractivity contribution is -0.0343. The smallest absolute Gasteiger partial charge is 0.261 e. The lowest BCUT2D eigenvalue weighted by Crippen LogP contribution is -2.43. The van der Waals surface area contributed by atoms with Crippen LogP contribution < -0.4 is 5.56 Å². The normalized spacial score (nSPS) is 14.6. The fourth-order valence-corrected chi connectivity index (χ4v) is 3.81. The maximum absolute atomic E-state index is 14.7. The van der Waals surface area contributed by atoms with E-state index in [1.54, 1.807) is 25.1 Å². The molecule has 10 heteroatoms. The second kappa shape index (κ2) is 7.69. The Balaban J connectivity index is 1.88. The van der Waals surface area contributed by atoms with E-state index in [9.17, 15) is 18.7 Å². The first-order valence-corrected chi connectivity index (χ1v) is 9.75. The molecule has 4 aromatic rings. The topological polar surface area (TPSA) is 85.8 Å². The summed E-state index contributed by atoms with van der Waals surface area (Å²) in [6, 6.07) is 6.95. The Bertz CT molecular complexity index is 1280. The molecule has 2 aromatic heterocycles. The van der Waals surface area contributed by atoms with E-state index in [-0.39, 0.29) is 12.1 Å². The summed E-state index contributed by atoms with van der Waals surface area (Å²) < 4.78 is 31.5. The van der Waals surface area contributed by atoms with Gasteiger partial charge in [-0.1, -0.05) is 22.0 Å². The minimum atomic E-state index is -1.96. The summed E-state index contributed by atoms with van der Waals surface area (Å²) in [5.41, 5.74) is -2.06. The monoisotopic (exact) mass is 475 g/mol. The molecule has 0 spiro atoms. The molecule has 4 rings (SSSR count). The summed E-state index contributed by atoms with van der Waals surface area (Å²) in [7, 11) is 0. The zero-order valence-electron chi connectivity index (χ0n) is 15.7. The average molecular weight is 476 g/mol. The molecule has 0 saturated heterocycles. The van der Waals surface area contributed by atoms with Crippen LogP contribution in [-0.2, 0) is 12.1 Å². The third-order valence-corrected chi connectivity index (χ3v) is 5.61. The van der Waals surface area contributed by atoms with Crippen molar-refractivity contribution < 1.29 is 13.9 Å². The number of halogens is 3. The molecule has 2 aromatic carbocycles. The van der Waals surface area contributed by atoms with Gasteiger partial charge in [0.05, 0.1) is 29.8 Å². The van der Waals surface area contributed by atoms with E-state index in [1.807, 2.05) is 0 Å². The van der Waals surface area contributed by atoms with E-state index in [0.717, 1.165) is 16.6 Å². The highest BCUT2D eigenvalue weighted by atomic mass is 79.9. The van der Waals surface area contributed by atoms with Gasteiger partial charge in [-0.2, -0.15) is 5.10 Å². The van der Waals surface area contributed by atoms with E-state index in [4.69, 9.17) is 0 Å². The van der Waals surface area contributed by atoms with Crippen molar-refractivity contribution in [2.75, 3.05) is 0 Å². The van der Waals surface area contributed by atoms with Crippen LogP contribution in [0.3, 0.4) is 0 Å². The van der Waals surface area contributed by atoms with Crippen molar-refractivity contribution in [1.29, 1.82) is 0 Å². The Hall–Kier alpha value is -2.98. The number of rotatable bonds is 5. The Labute approximate surface area is 177 Å². The lowest BCUT2D eigenvalue weighted by atomic mass is 9.86. The van der Waals surface area contributed by atoms with Gasteiger partial charge in [0.1, 0.15) is 29.9 Å². The quantitative estimate of drug-likeness (QED) is 0.479. The van der Waals surface area contributed by atoms with E-state index in [2.05, 4.69) is 31.0 Å². The maximum Gasteiger partial charge on any atom is 0.261 e. The number of aliphatic hydroxyl groups is 1. The molecule has 2 atom stereocenters. The molecule has 7 nitrogen and oxygen atoms in total. The third kappa shape index (κ3) is 3.52. The van der Waals surface area contributed by atoms with E-state index >= 15 is 0 Å². The molecule has 1 N–H and O–H groups in total. The van der Waals surface area contributed by atoms with Crippen LogP contribution in [0.15, 0.2) is 64.6 Å². The van der Waals surface area contributed by atoms with E-state index in [0.29, 0.717) is 17.0 Å². The summed E-state index contributed by atoms with van der Waals surface area (Å²) in [5.74, 6) is -1.71. The molecule has 0 aliphatic rings. The first kappa shape index (κ1) is 20.3. The predicted molar refractivity (Wildman–Crippen MR) is 109 cm³/mol. The molecule has 0 bridgehead atoms. The van der Waals surface area contributed by atoms with Crippen molar-refractivity contribution in [1.82, 2.24) is 24.3 Å². The molecular formula is C20H16BrF2N5O2. The number of benzene rings is 2. The third-order valence-electron chi connectivity index (χ3n) is 5.12. The van der Waals surface area contributed by atoms with Crippen molar-refractivity contribution in [3.8, 4) is 0 Å². The Morgan fingerprint density at radius 3 is 2.70 bits per heavy atom. The van der Waals surface area contributed by atoms with Gasteiger partial charge < -0.3 is 5.11 Å². The molecule has 0 unspecified atom stereocenters. The molecule has 0 aliphatic carbocycles. The van der Waals surface area contributed by atoms with Crippen molar-refractivity contribution in [3.63, 3.8) is 0 Å². The lowest BCUT2D eigenvalue weighted by Gasteiger charge is -2.35. The first-order chi connectivity index (χ1) is 14.3. The van der Waals surface area contributed by atoms with Gasteiger partial charge >= 0.3 is 0 Å². The number of hydrogen-bond acceptors (Lipinski definition) is 5. The molecule has 0 saturated carbocycles. The van der Waals surface area contributed by atoms with Gasteiger partial charge in [0, 0.05) is 16.1 Å². The van der Waals surface area contributed by atoms with Crippen LogP contribution in [-0.4, -0.2) is 29.4 Å². The van der Waals surface area contributed by atoms with Gasteiger partial charge in [-0.05, 0) is 31.2 Å². The summed E-state index contributed by atoms with van der Waals surface area (Å²) in [6.07, 6.45) is 3.93.